The largest absolute Gasteiger partial charge is 0.488 e. The number of carbonyl (C=O) groups excluding carboxylic acids is 1. The molecule has 186 valence electrons. The van der Waals surface area contributed by atoms with Crippen LogP contribution in [0.4, 0.5) is 10.1 Å². The highest BCUT2D eigenvalue weighted by atomic mass is 32.2. The molecule has 0 bridgehead atoms. The van der Waals surface area contributed by atoms with Crippen LogP contribution in [0.25, 0.3) is 0 Å². The van der Waals surface area contributed by atoms with Crippen LogP contribution in [0, 0.1) is 11.7 Å². The van der Waals surface area contributed by atoms with E-state index in [1.54, 1.807) is 24.0 Å². The van der Waals surface area contributed by atoms with Crippen LogP contribution >= 0.6 is 0 Å². The molecule has 1 N–H and O–H groups in total. The molecule has 34 heavy (non-hydrogen) atoms. The average Bonchev–Trinajstić information content (AvgIpc) is 2.80. The molecule has 3 rings (SSSR count). The van der Waals surface area contributed by atoms with E-state index in [0.29, 0.717) is 11.3 Å². The minimum Gasteiger partial charge on any atom is -0.488 e. The van der Waals surface area contributed by atoms with Crippen LogP contribution in [0.15, 0.2) is 47.4 Å². The molecule has 1 aliphatic heterocycles. The Kier molecular flexibility index (Phi) is 7.84. The van der Waals surface area contributed by atoms with E-state index in [1.807, 2.05) is 32.0 Å². The van der Waals surface area contributed by atoms with Crippen molar-refractivity contribution < 1.29 is 27.4 Å². The molecule has 2 aromatic rings. The first-order chi connectivity index (χ1) is 15.9. The maximum absolute atomic E-state index is 13.4. The number of hydrogen-bond acceptors (Lipinski definition) is 6. The van der Waals surface area contributed by atoms with Gasteiger partial charge in [0.05, 0.1) is 29.7 Å². The molecule has 2 aromatic carbocycles. The maximum atomic E-state index is 13.4. The number of benzene rings is 2. The van der Waals surface area contributed by atoms with Gasteiger partial charge in [-0.3, -0.25) is 4.79 Å². The lowest BCUT2D eigenvalue weighted by molar-refractivity contribution is 0.0387. The number of likely N-dealkylation sites (N-methyl/N-ethyl adjacent to an activating group) is 1. The molecule has 0 unspecified atom stereocenters. The molecule has 1 heterocycles. The van der Waals surface area contributed by atoms with Gasteiger partial charge < -0.3 is 19.6 Å². The number of rotatable bonds is 7. The summed E-state index contributed by atoms with van der Waals surface area (Å²) < 4.78 is 46.8. The smallest absolute Gasteiger partial charge is 0.258 e. The molecule has 8 nitrogen and oxygen atoms in total. The molecular formula is C24H32FN3O5S. The Morgan fingerprint density at radius 2 is 1.82 bits per heavy atom. The monoisotopic (exact) mass is 493 g/mol. The molecule has 3 atom stereocenters. The average molecular weight is 494 g/mol. The standard InChI is InChI=1S/C24H32FN3O5S/c1-16-13-28(17(2)15-29)24(30)21-12-19(26(3)4)8-11-22(21)33-23(16)14-27(5)34(31,32)20-9-6-18(25)7-10-20/h6-12,16-17,23,29H,13-15H2,1-5H3/t16-,17-,23+/m1/s1. The van der Waals surface area contributed by atoms with Gasteiger partial charge in [0, 0.05) is 39.3 Å². The molecule has 10 heteroatoms. The fourth-order valence-corrected chi connectivity index (χ4v) is 5.03. The summed E-state index contributed by atoms with van der Waals surface area (Å²) in [7, 11) is 1.30. The van der Waals surface area contributed by atoms with E-state index >= 15 is 0 Å². The zero-order chi connectivity index (χ0) is 25.2. The van der Waals surface area contributed by atoms with Crippen LogP contribution in [0.3, 0.4) is 0 Å². The van der Waals surface area contributed by atoms with E-state index in [2.05, 4.69) is 0 Å². The van der Waals surface area contributed by atoms with Gasteiger partial charge in [-0.2, -0.15) is 4.31 Å². The Morgan fingerprint density at radius 1 is 1.18 bits per heavy atom. The number of nitrogens with zero attached hydrogens (tertiary/aromatic N) is 3. The van der Waals surface area contributed by atoms with E-state index in [9.17, 15) is 22.7 Å². The van der Waals surface area contributed by atoms with Crippen LogP contribution in [0.5, 0.6) is 5.75 Å². The van der Waals surface area contributed by atoms with Gasteiger partial charge in [-0.15, -0.1) is 0 Å². The fraction of sp³-hybridized carbons (Fsp3) is 0.458. The lowest BCUT2D eigenvalue weighted by Crippen LogP contribution is -2.50. The van der Waals surface area contributed by atoms with Crippen molar-refractivity contribution in [3.8, 4) is 5.75 Å². The Bertz CT molecular complexity index is 1120. The normalized spacial score (nSPS) is 19.8. The zero-order valence-corrected chi connectivity index (χ0v) is 20.9. The summed E-state index contributed by atoms with van der Waals surface area (Å²) in [5.41, 5.74) is 1.17. The second-order valence-electron chi connectivity index (χ2n) is 8.94. The summed E-state index contributed by atoms with van der Waals surface area (Å²) in [6.07, 6.45) is -0.578. The molecule has 0 aliphatic carbocycles. The number of sulfonamides is 1. The van der Waals surface area contributed by atoms with Crippen molar-refractivity contribution in [2.75, 3.05) is 45.7 Å². The van der Waals surface area contributed by atoms with Gasteiger partial charge in [-0.1, -0.05) is 6.92 Å². The van der Waals surface area contributed by atoms with E-state index in [0.717, 1.165) is 17.8 Å². The minimum atomic E-state index is -3.88. The SMILES string of the molecule is C[C@@H]1CN([C@H](C)CO)C(=O)c2cc(N(C)C)ccc2O[C@H]1CN(C)S(=O)(=O)c1ccc(F)cc1. The summed E-state index contributed by atoms with van der Waals surface area (Å²) >= 11 is 0. The number of hydrogen-bond donors (Lipinski definition) is 1. The number of carbonyl (C=O) groups is 1. The van der Waals surface area contributed by atoms with Gasteiger partial charge in [0.15, 0.2) is 0 Å². The van der Waals surface area contributed by atoms with Crippen LogP contribution in [-0.4, -0.2) is 81.6 Å². The highest BCUT2D eigenvalue weighted by Gasteiger charge is 2.35. The summed E-state index contributed by atoms with van der Waals surface area (Å²) in [6.45, 7) is 3.74. The van der Waals surface area contributed by atoms with Gasteiger partial charge >= 0.3 is 0 Å². The van der Waals surface area contributed by atoms with Crippen molar-refractivity contribution in [1.29, 1.82) is 0 Å². The first-order valence-corrected chi connectivity index (χ1v) is 12.5. The number of aliphatic hydroxyl groups excluding tert-OH is 1. The molecule has 0 fully saturated rings. The third-order valence-electron chi connectivity index (χ3n) is 6.12. The van der Waals surface area contributed by atoms with Gasteiger partial charge in [0.2, 0.25) is 10.0 Å². The van der Waals surface area contributed by atoms with Crippen LogP contribution < -0.4 is 9.64 Å². The summed E-state index contributed by atoms with van der Waals surface area (Å²) in [5, 5.41) is 9.76. The lowest BCUT2D eigenvalue weighted by Gasteiger charge is -2.38. The number of aliphatic hydroxyl groups is 1. The third kappa shape index (κ3) is 5.34. The van der Waals surface area contributed by atoms with Crippen LogP contribution in [0.2, 0.25) is 0 Å². The Balaban J connectivity index is 1.97. The molecule has 0 saturated carbocycles. The molecule has 0 radical (unpaired) electrons. The topological polar surface area (TPSA) is 90.4 Å². The molecule has 1 aliphatic rings. The van der Waals surface area contributed by atoms with Crippen molar-refractivity contribution in [3.05, 3.63) is 53.8 Å². The van der Waals surface area contributed by atoms with Crippen molar-refractivity contribution in [2.45, 2.75) is 30.9 Å². The first kappa shape index (κ1) is 25.9. The second-order valence-corrected chi connectivity index (χ2v) is 11.0. The number of anilines is 1. The zero-order valence-electron chi connectivity index (χ0n) is 20.1. The predicted molar refractivity (Wildman–Crippen MR) is 128 cm³/mol. The fourth-order valence-electron chi connectivity index (χ4n) is 3.84. The molecule has 0 aromatic heterocycles. The van der Waals surface area contributed by atoms with Gasteiger partial charge in [-0.25, -0.2) is 12.8 Å². The molecule has 0 saturated heterocycles. The van der Waals surface area contributed by atoms with Crippen molar-refractivity contribution in [2.24, 2.45) is 5.92 Å². The number of fused-ring (bicyclic) bond motifs is 1. The summed E-state index contributed by atoms with van der Waals surface area (Å²) in [4.78, 5) is 16.8. The second kappa shape index (κ2) is 10.3. The van der Waals surface area contributed by atoms with Crippen molar-refractivity contribution in [3.63, 3.8) is 0 Å². The summed E-state index contributed by atoms with van der Waals surface area (Å²) in [5.74, 6) is -0.659. The maximum Gasteiger partial charge on any atom is 0.258 e. The van der Waals surface area contributed by atoms with E-state index in [1.165, 1.54) is 23.5 Å². The third-order valence-corrected chi connectivity index (χ3v) is 7.96. The van der Waals surface area contributed by atoms with Crippen LogP contribution in [0.1, 0.15) is 24.2 Å². The summed E-state index contributed by atoms with van der Waals surface area (Å²) in [6, 6.07) is 9.52. The Morgan fingerprint density at radius 3 is 2.41 bits per heavy atom. The molecule has 1 amide bonds. The number of amides is 1. The van der Waals surface area contributed by atoms with Crippen molar-refractivity contribution in [1.82, 2.24) is 9.21 Å². The van der Waals surface area contributed by atoms with E-state index < -0.39 is 28.0 Å². The van der Waals surface area contributed by atoms with Gasteiger partial charge in [-0.05, 0) is 49.4 Å². The minimum absolute atomic E-state index is 0.0170. The molecule has 0 spiro atoms. The lowest BCUT2D eigenvalue weighted by atomic mass is 9.99. The van der Waals surface area contributed by atoms with E-state index in [-0.39, 0.29) is 36.4 Å². The van der Waals surface area contributed by atoms with Gasteiger partial charge in [0.25, 0.3) is 5.91 Å². The first-order valence-electron chi connectivity index (χ1n) is 11.1. The highest BCUT2D eigenvalue weighted by Crippen LogP contribution is 2.31. The predicted octanol–water partition coefficient (Wildman–Crippen LogP) is 2.43. The Labute approximate surface area is 200 Å². The van der Waals surface area contributed by atoms with Crippen LogP contribution in [-0.2, 0) is 10.0 Å². The van der Waals surface area contributed by atoms with Crippen molar-refractivity contribution >= 4 is 21.6 Å². The van der Waals surface area contributed by atoms with Gasteiger partial charge in [0.1, 0.15) is 17.7 Å². The van der Waals surface area contributed by atoms with E-state index in [4.69, 9.17) is 4.74 Å². The highest BCUT2D eigenvalue weighted by molar-refractivity contribution is 7.89. The number of halogens is 1. The number of ether oxygens (including phenoxy) is 1. The molecular weight excluding hydrogens is 461 g/mol. The Hall–Kier alpha value is -2.69. The quantitative estimate of drug-likeness (QED) is 0.637.